The molecule has 1 aliphatic rings. The Morgan fingerprint density at radius 1 is 1.36 bits per heavy atom. The number of halogens is 3. The average Bonchev–Trinajstić information content (AvgIpc) is 2.15. The minimum atomic E-state index is -4.46. The van der Waals surface area contributed by atoms with Crippen LogP contribution < -0.4 is 0 Å². The predicted molar refractivity (Wildman–Crippen MR) is 46.9 cm³/mol. The normalized spacial score (nSPS) is 23.8. The Bertz CT molecular complexity index is 175. The van der Waals surface area contributed by atoms with Crippen molar-refractivity contribution in [2.24, 2.45) is 5.92 Å². The summed E-state index contributed by atoms with van der Waals surface area (Å²) in [5, 5.41) is 9.03. The predicted octanol–water partition coefficient (Wildman–Crippen LogP) is 1.64. The van der Waals surface area contributed by atoms with E-state index in [9.17, 15) is 13.2 Å². The first-order valence-electron chi connectivity index (χ1n) is 4.92. The molecule has 1 N–H and O–H groups in total. The second kappa shape index (κ2) is 4.49. The molecule has 0 aromatic heterocycles. The fraction of sp³-hybridized carbons (Fsp3) is 1.00. The molecule has 1 aliphatic heterocycles. The van der Waals surface area contributed by atoms with Crippen LogP contribution in [0.2, 0.25) is 0 Å². The summed E-state index contributed by atoms with van der Waals surface area (Å²) in [4.78, 5) is 2.10. The van der Waals surface area contributed by atoms with E-state index in [4.69, 9.17) is 5.11 Å². The number of hydrogen-bond donors (Lipinski definition) is 1. The van der Waals surface area contributed by atoms with Gasteiger partial charge in [0.15, 0.2) is 6.10 Å². The molecule has 0 radical (unpaired) electrons. The molecule has 2 nitrogen and oxygen atoms in total. The van der Waals surface area contributed by atoms with Crippen LogP contribution in [0.3, 0.4) is 0 Å². The lowest BCUT2D eigenvalue weighted by atomic mass is 9.91. The van der Waals surface area contributed by atoms with Crippen LogP contribution in [0.15, 0.2) is 0 Å². The van der Waals surface area contributed by atoms with Crippen molar-refractivity contribution in [3.05, 3.63) is 0 Å². The summed E-state index contributed by atoms with van der Waals surface area (Å²) in [6.45, 7) is 4.18. The van der Waals surface area contributed by atoms with E-state index in [0.717, 1.165) is 6.54 Å². The molecule has 0 aromatic carbocycles. The lowest BCUT2D eigenvalue weighted by molar-refractivity contribution is -0.223. The van der Waals surface area contributed by atoms with Crippen LogP contribution in [-0.4, -0.2) is 41.9 Å². The van der Waals surface area contributed by atoms with E-state index in [1.807, 2.05) is 6.92 Å². The third kappa shape index (κ3) is 2.85. The highest BCUT2D eigenvalue weighted by Gasteiger charge is 2.43. The Kier molecular flexibility index (Phi) is 3.78. The number of likely N-dealkylation sites (tertiary alicyclic amines) is 1. The highest BCUT2D eigenvalue weighted by Crippen LogP contribution is 2.31. The van der Waals surface area contributed by atoms with E-state index in [-0.39, 0.29) is 0 Å². The summed E-state index contributed by atoms with van der Waals surface area (Å²) in [7, 11) is 0. The number of hydrogen-bond acceptors (Lipinski definition) is 2. The van der Waals surface area contributed by atoms with E-state index in [0.29, 0.717) is 25.9 Å². The molecule has 1 atom stereocenters. The molecule has 1 heterocycles. The molecule has 1 rings (SSSR count). The first-order valence-corrected chi connectivity index (χ1v) is 4.92. The summed E-state index contributed by atoms with van der Waals surface area (Å²) in [5.74, 6) is -0.613. The van der Waals surface area contributed by atoms with Gasteiger partial charge in [-0.2, -0.15) is 13.2 Å². The molecule has 5 heteroatoms. The third-order valence-corrected chi connectivity index (χ3v) is 2.86. The Morgan fingerprint density at radius 2 is 1.86 bits per heavy atom. The second-order valence-electron chi connectivity index (χ2n) is 3.76. The second-order valence-corrected chi connectivity index (χ2v) is 3.76. The number of alkyl halides is 3. The van der Waals surface area contributed by atoms with Gasteiger partial charge in [0.05, 0.1) is 0 Å². The van der Waals surface area contributed by atoms with Gasteiger partial charge >= 0.3 is 6.18 Å². The van der Waals surface area contributed by atoms with Crippen LogP contribution in [0.4, 0.5) is 13.2 Å². The zero-order valence-corrected chi connectivity index (χ0v) is 8.22. The van der Waals surface area contributed by atoms with E-state index < -0.39 is 18.2 Å². The topological polar surface area (TPSA) is 23.5 Å². The van der Waals surface area contributed by atoms with E-state index in [2.05, 4.69) is 4.90 Å². The molecule has 1 saturated heterocycles. The molecule has 0 spiro atoms. The first kappa shape index (κ1) is 11.8. The molecule has 1 fully saturated rings. The molecule has 14 heavy (non-hydrogen) atoms. The summed E-state index contributed by atoms with van der Waals surface area (Å²) >= 11 is 0. The van der Waals surface area contributed by atoms with Crippen molar-refractivity contribution >= 4 is 0 Å². The number of nitrogens with zero attached hydrogens (tertiary/aromatic N) is 1. The number of rotatable bonds is 2. The van der Waals surface area contributed by atoms with Crippen LogP contribution in [0.5, 0.6) is 0 Å². The lowest BCUT2D eigenvalue weighted by Gasteiger charge is -2.34. The monoisotopic (exact) mass is 211 g/mol. The third-order valence-electron chi connectivity index (χ3n) is 2.86. The maximum Gasteiger partial charge on any atom is 0.414 e. The minimum absolute atomic E-state index is 0.439. The largest absolute Gasteiger partial charge is 0.414 e. The quantitative estimate of drug-likeness (QED) is 0.750. The molecule has 0 bridgehead atoms. The van der Waals surface area contributed by atoms with Gasteiger partial charge in [-0.05, 0) is 38.4 Å². The number of piperidine rings is 1. The van der Waals surface area contributed by atoms with Crippen LogP contribution >= 0.6 is 0 Å². The zero-order valence-electron chi connectivity index (χ0n) is 8.22. The summed E-state index contributed by atoms with van der Waals surface area (Å²) in [6, 6.07) is 0. The van der Waals surface area contributed by atoms with E-state index in [1.165, 1.54) is 0 Å². The smallest absolute Gasteiger partial charge is 0.383 e. The van der Waals surface area contributed by atoms with Gasteiger partial charge in [-0.25, -0.2) is 0 Å². The summed E-state index contributed by atoms with van der Waals surface area (Å²) < 4.78 is 36.4. The van der Waals surface area contributed by atoms with Crippen molar-refractivity contribution in [1.82, 2.24) is 4.90 Å². The van der Waals surface area contributed by atoms with Gasteiger partial charge in [0.1, 0.15) is 0 Å². The van der Waals surface area contributed by atoms with Crippen molar-refractivity contribution in [1.29, 1.82) is 0 Å². The van der Waals surface area contributed by atoms with Crippen molar-refractivity contribution in [3.63, 3.8) is 0 Å². The highest BCUT2D eigenvalue weighted by atomic mass is 19.4. The molecule has 84 valence electrons. The molecule has 0 aromatic rings. The van der Waals surface area contributed by atoms with Gasteiger partial charge in [0.25, 0.3) is 0 Å². The van der Waals surface area contributed by atoms with Crippen LogP contribution in [0, 0.1) is 5.92 Å². The van der Waals surface area contributed by atoms with Gasteiger partial charge in [0.2, 0.25) is 0 Å². The Labute approximate surface area is 81.7 Å². The van der Waals surface area contributed by atoms with Gasteiger partial charge in [0, 0.05) is 0 Å². The Hall–Kier alpha value is -0.290. The maximum atomic E-state index is 12.1. The average molecular weight is 211 g/mol. The lowest BCUT2D eigenvalue weighted by Crippen LogP contribution is -2.43. The van der Waals surface area contributed by atoms with Gasteiger partial charge in [-0.3, -0.25) is 0 Å². The van der Waals surface area contributed by atoms with Crippen molar-refractivity contribution < 1.29 is 18.3 Å². The first-order chi connectivity index (χ1) is 6.45. The summed E-state index contributed by atoms with van der Waals surface area (Å²) in [5.41, 5.74) is 0. The van der Waals surface area contributed by atoms with Gasteiger partial charge < -0.3 is 10.0 Å². The summed E-state index contributed by atoms with van der Waals surface area (Å²) in [6.07, 6.45) is -5.72. The SMILES string of the molecule is CCN1CCC(C(O)C(F)(F)F)CC1. The Morgan fingerprint density at radius 3 is 2.21 bits per heavy atom. The molecule has 0 aliphatic carbocycles. The highest BCUT2D eigenvalue weighted by molar-refractivity contribution is 4.80. The maximum absolute atomic E-state index is 12.1. The molecule has 0 amide bonds. The van der Waals surface area contributed by atoms with Gasteiger partial charge in [-0.1, -0.05) is 6.92 Å². The van der Waals surface area contributed by atoms with Crippen LogP contribution in [0.25, 0.3) is 0 Å². The zero-order chi connectivity index (χ0) is 10.8. The number of aliphatic hydroxyl groups is 1. The van der Waals surface area contributed by atoms with Crippen LogP contribution in [-0.2, 0) is 0 Å². The Balaban J connectivity index is 2.42. The molecule has 0 saturated carbocycles. The van der Waals surface area contributed by atoms with E-state index >= 15 is 0 Å². The van der Waals surface area contributed by atoms with E-state index in [1.54, 1.807) is 0 Å². The molecular formula is C9H16F3NO. The van der Waals surface area contributed by atoms with Crippen LogP contribution in [0.1, 0.15) is 19.8 Å². The van der Waals surface area contributed by atoms with Crippen molar-refractivity contribution in [2.75, 3.05) is 19.6 Å². The van der Waals surface area contributed by atoms with Crippen molar-refractivity contribution in [3.8, 4) is 0 Å². The molecule has 1 unspecified atom stereocenters. The van der Waals surface area contributed by atoms with Crippen molar-refractivity contribution in [2.45, 2.75) is 32.0 Å². The fourth-order valence-electron chi connectivity index (χ4n) is 1.85. The molecular weight excluding hydrogens is 195 g/mol. The number of aliphatic hydroxyl groups excluding tert-OH is 1. The van der Waals surface area contributed by atoms with Gasteiger partial charge in [-0.15, -0.1) is 0 Å². The minimum Gasteiger partial charge on any atom is -0.383 e. The standard InChI is InChI=1S/C9H16F3NO/c1-2-13-5-3-7(4-6-13)8(14)9(10,11)12/h7-8,14H,2-6H2,1H3. The fourth-order valence-corrected chi connectivity index (χ4v) is 1.85.